The van der Waals surface area contributed by atoms with E-state index in [4.69, 9.17) is 32.3 Å². The molecule has 0 aliphatic carbocycles. The number of hydrogen-bond donors (Lipinski definition) is 4. The molecule has 0 saturated carbocycles. The average Bonchev–Trinajstić information content (AvgIpc) is 0.942. The van der Waals surface area contributed by atoms with E-state index >= 15 is 0 Å². The van der Waals surface area contributed by atoms with Crippen molar-refractivity contribution in [2.24, 2.45) is 0 Å². The fraction of sp³-hybridized carbons (Fsp3) is 0.759. The molecule has 18 heteroatoms. The summed E-state index contributed by atoms with van der Waals surface area (Å²) in [5.41, 5.74) is 0. The Balaban J connectivity index is 4.39. The molecular formula is C87H154O16P2. The zero-order valence-corrected chi connectivity index (χ0v) is 68.4. The van der Waals surface area contributed by atoms with Gasteiger partial charge in [-0.05, 0) is 128 Å². The van der Waals surface area contributed by atoms with Crippen molar-refractivity contribution in [1.82, 2.24) is 0 Å². The molecule has 0 aliphatic rings. The van der Waals surface area contributed by atoms with E-state index in [1.54, 1.807) is 0 Å². The lowest BCUT2D eigenvalue weighted by atomic mass is 10.0. The number of phosphoric acid groups is 2. The third-order valence-corrected chi connectivity index (χ3v) is 19.9. The Kier molecular flexibility index (Phi) is 76.9. The molecule has 0 aromatic heterocycles. The van der Waals surface area contributed by atoms with E-state index < -0.39 is 91.5 Å². The molecule has 0 amide bonds. The Morgan fingerprint density at radius 2 is 0.505 bits per heavy atom. The number of ether oxygens (including phenoxy) is 3. The molecule has 0 bridgehead atoms. The number of aliphatic hydroxyl groups is 2. The summed E-state index contributed by atoms with van der Waals surface area (Å²) in [5, 5.41) is 20.7. The molecule has 5 atom stereocenters. The van der Waals surface area contributed by atoms with Crippen LogP contribution in [-0.4, -0.2) is 95.9 Å². The van der Waals surface area contributed by atoms with E-state index in [2.05, 4.69) is 130 Å². The molecule has 4 N–H and O–H groups in total. The first-order valence-corrected chi connectivity index (χ1v) is 45.2. The van der Waals surface area contributed by atoms with E-state index in [0.717, 1.165) is 148 Å². The molecule has 0 saturated heterocycles. The normalized spacial score (nSPS) is 14.5. The van der Waals surface area contributed by atoms with Gasteiger partial charge in [0.25, 0.3) is 0 Å². The zero-order chi connectivity index (χ0) is 76.6. The molecule has 5 unspecified atom stereocenters. The van der Waals surface area contributed by atoms with Gasteiger partial charge >= 0.3 is 33.6 Å². The van der Waals surface area contributed by atoms with Crippen LogP contribution in [0.4, 0.5) is 0 Å². The maximum Gasteiger partial charge on any atom is 0.472 e. The molecule has 0 radical (unpaired) electrons. The number of hydrogen-bond acceptors (Lipinski definition) is 14. The fourth-order valence-corrected chi connectivity index (χ4v) is 13.1. The summed E-state index contributed by atoms with van der Waals surface area (Å²) in [6.07, 6.45) is 94.4. The molecule has 0 aromatic rings. The van der Waals surface area contributed by atoms with Crippen LogP contribution in [0.25, 0.3) is 0 Å². The summed E-state index contributed by atoms with van der Waals surface area (Å²) in [6, 6.07) is 0. The molecule has 0 aromatic carbocycles. The number of carbonyl (C=O) groups excluding carboxylic acids is 3. The highest BCUT2D eigenvalue weighted by Crippen LogP contribution is 2.45. The minimum Gasteiger partial charge on any atom is -0.463 e. The molecule has 16 nitrogen and oxygen atoms in total. The summed E-state index contributed by atoms with van der Waals surface area (Å²) in [6.45, 7) is 2.56. The summed E-state index contributed by atoms with van der Waals surface area (Å²) in [7, 11) is -9.79. The van der Waals surface area contributed by atoms with Crippen molar-refractivity contribution in [3.63, 3.8) is 0 Å². The molecule has 608 valence electrons. The van der Waals surface area contributed by atoms with Crippen LogP contribution in [0, 0.1) is 0 Å². The summed E-state index contributed by atoms with van der Waals surface area (Å²) >= 11 is 0. The molecule has 0 rings (SSSR count). The second-order valence-electron chi connectivity index (χ2n) is 28.2. The van der Waals surface area contributed by atoms with Gasteiger partial charge in [-0.3, -0.25) is 32.5 Å². The van der Waals surface area contributed by atoms with E-state index in [1.807, 2.05) is 0 Å². The van der Waals surface area contributed by atoms with Crippen molar-refractivity contribution in [2.75, 3.05) is 39.6 Å². The topological polar surface area (TPSA) is 231 Å². The quantitative estimate of drug-likeness (QED) is 0.0146. The second-order valence-corrected chi connectivity index (χ2v) is 31.2. The van der Waals surface area contributed by atoms with Gasteiger partial charge in [0.2, 0.25) is 0 Å². The number of rotatable bonds is 80. The van der Waals surface area contributed by atoms with Crippen molar-refractivity contribution >= 4 is 33.6 Å². The SMILES string of the molecule is CC/C=C\C/C=C\C/C=C\C/C=C\C/C=C\CCCCCCCCCCCCCCCCCCCCCC(=O)OCC(O)COP(=O)(O)OCC(O)COP(=O)(O)OCC(COC(=O)CCCCCCCC/C=C\C/C=C\C/C=C\CCCCC)OC(=O)CCCCCCC/C=C\CCCCCCCC. The summed E-state index contributed by atoms with van der Waals surface area (Å²) in [4.78, 5) is 58.7. The number of phosphoric ester groups is 2. The second kappa shape index (κ2) is 79.8. The van der Waals surface area contributed by atoms with Gasteiger partial charge in [0.1, 0.15) is 25.4 Å². The van der Waals surface area contributed by atoms with Gasteiger partial charge in [-0.25, -0.2) is 9.13 Å². The Morgan fingerprint density at radius 1 is 0.276 bits per heavy atom. The molecule has 0 spiro atoms. The van der Waals surface area contributed by atoms with Crippen LogP contribution in [0.5, 0.6) is 0 Å². The van der Waals surface area contributed by atoms with Crippen LogP contribution in [0.1, 0.15) is 367 Å². The van der Waals surface area contributed by atoms with Gasteiger partial charge < -0.3 is 34.2 Å². The van der Waals surface area contributed by atoms with E-state index in [-0.39, 0.29) is 19.3 Å². The predicted octanol–water partition coefficient (Wildman–Crippen LogP) is 25.1. The first-order chi connectivity index (χ1) is 51.2. The molecule has 105 heavy (non-hydrogen) atoms. The Morgan fingerprint density at radius 3 is 0.829 bits per heavy atom. The lowest BCUT2D eigenvalue weighted by molar-refractivity contribution is -0.161. The molecule has 0 heterocycles. The van der Waals surface area contributed by atoms with Crippen LogP contribution in [0.15, 0.2) is 109 Å². The van der Waals surface area contributed by atoms with Crippen LogP contribution in [0.2, 0.25) is 0 Å². The average molecular weight is 1520 g/mol. The van der Waals surface area contributed by atoms with Crippen LogP contribution in [-0.2, 0) is 55.8 Å². The van der Waals surface area contributed by atoms with Gasteiger partial charge in [0.15, 0.2) is 6.10 Å². The molecule has 0 fully saturated rings. The van der Waals surface area contributed by atoms with Gasteiger partial charge in [-0.2, -0.15) is 0 Å². The predicted molar refractivity (Wildman–Crippen MR) is 436 cm³/mol. The first-order valence-electron chi connectivity index (χ1n) is 42.2. The third-order valence-electron chi connectivity index (χ3n) is 18.0. The number of unbranched alkanes of at least 4 members (excludes halogenated alkanes) is 39. The maximum absolute atomic E-state index is 13.0. The minimum atomic E-state index is -4.93. The first kappa shape index (κ1) is 101. The number of aliphatic hydroxyl groups excluding tert-OH is 2. The van der Waals surface area contributed by atoms with E-state index in [1.165, 1.54) is 161 Å². The zero-order valence-electron chi connectivity index (χ0n) is 66.6. The lowest BCUT2D eigenvalue weighted by Gasteiger charge is -2.21. The largest absolute Gasteiger partial charge is 0.472 e. The van der Waals surface area contributed by atoms with Gasteiger partial charge in [-0.15, -0.1) is 0 Å². The van der Waals surface area contributed by atoms with Gasteiger partial charge in [0.05, 0.1) is 26.4 Å². The monoisotopic (exact) mass is 1520 g/mol. The Bertz CT molecular complexity index is 2340. The van der Waals surface area contributed by atoms with Crippen LogP contribution < -0.4 is 0 Å². The van der Waals surface area contributed by atoms with Gasteiger partial charge in [-0.1, -0.05) is 329 Å². The molecular weight excluding hydrogens is 1360 g/mol. The maximum atomic E-state index is 13.0. The molecule has 0 aliphatic heterocycles. The number of allylic oxidation sites excluding steroid dienone is 18. The highest BCUT2D eigenvalue weighted by atomic mass is 31.2. The van der Waals surface area contributed by atoms with Crippen molar-refractivity contribution in [3.05, 3.63) is 109 Å². The van der Waals surface area contributed by atoms with Gasteiger partial charge in [0, 0.05) is 19.3 Å². The summed E-state index contributed by atoms with van der Waals surface area (Å²) in [5.74, 6) is -1.58. The Hall–Kier alpha value is -3.79. The van der Waals surface area contributed by atoms with Crippen molar-refractivity contribution in [2.45, 2.75) is 386 Å². The number of carbonyl (C=O) groups is 3. The van der Waals surface area contributed by atoms with Crippen molar-refractivity contribution in [3.8, 4) is 0 Å². The smallest absolute Gasteiger partial charge is 0.463 e. The minimum absolute atomic E-state index is 0.0927. The standard InChI is InChI=1S/C87H154O16P2/c1-4-7-10-13-16-19-22-25-28-30-32-33-34-35-36-37-38-39-40-41-42-43-44-45-46-47-49-51-53-55-58-61-64-67-70-73-85(90)97-76-82(88)77-99-104(93,94)100-78-83(89)79-101-105(95,96)102-81-84(103-87(92)75-72-69-66-63-60-57-52-27-24-21-18-15-12-9-6-3)80-98-86(91)74-71-68-65-62-59-56-54-50-48-31-29-26-23-20-17-14-11-8-5-2/h7,10,16-17,19-20,25-29,32-33,35-36,48,50,52,82-84,88-89H,4-6,8-9,11-15,18,21-24,30-31,34,37-47,49,51,53-81H2,1-3H3,(H,93,94)(H,95,96)/b10-7-,19-16-,20-17-,28-25-,29-26-,33-32-,36-35-,50-48-,52-27-. The third kappa shape index (κ3) is 81.0. The van der Waals surface area contributed by atoms with Crippen molar-refractivity contribution < 1.29 is 75.8 Å². The van der Waals surface area contributed by atoms with E-state index in [0.29, 0.717) is 19.3 Å². The van der Waals surface area contributed by atoms with Crippen LogP contribution >= 0.6 is 15.6 Å². The lowest BCUT2D eigenvalue weighted by Crippen LogP contribution is -2.30. The number of esters is 3. The highest BCUT2D eigenvalue weighted by Gasteiger charge is 2.29. The Labute approximate surface area is 640 Å². The highest BCUT2D eigenvalue weighted by molar-refractivity contribution is 7.47. The van der Waals surface area contributed by atoms with E-state index in [9.17, 15) is 43.5 Å². The summed E-state index contributed by atoms with van der Waals surface area (Å²) < 4.78 is 61.2. The van der Waals surface area contributed by atoms with Crippen LogP contribution in [0.3, 0.4) is 0 Å². The van der Waals surface area contributed by atoms with Crippen molar-refractivity contribution in [1.29, 1.82) is 0 Å². The fourth-order valence-electron chi connectivity index (χ4n) is 11.5.